The molecule has 13 heavy (non-hydrogen) atoms. The predicted octanol–water partition coefficient (Wildman–Crippen LogP) is 1.62. The Morgan fingerprint density at radius 1 is 1.08 bits per heavy atom. The standard InChI is InChI=1S/C11H24N2/c1-8(2)5-10-6-13-11(7-12-10)9(3)4/h8-13H,5-7H2,1-4H3/t10-,11+/m0/s1. The van der Waals surface area contributed by atoms with E-state index in [2.05, 4.69) is 38.3 Å². The van der Waals surface area contributed by atoms with Gasteiger partial charge in [-0.2, -0.15) is 0 Å². The average molecular weight is 184 g/mol. The Morgan fingerprint density at radius 3 is 2.15 bits per heavy atom. The lowest BCUT2D eigenvalue weighted by atomic mass is 9.97. The van der Waals surface area contributed by atoms with Crippen LogP contribution in [-0.2, 0) is 0 Å². The van der Waals surface area contributed by atoms with Crippen LogP contribution in [0.5, 0.6) is 0 Å². The van der Waals surface area contributed by atoms with Crippen LogP contribution in [-0.4, -0.2) is 25.2 Å². The van der Waals surface area contributed by atoms with Crippen molar-refractivity contribution < 1.29 is 0 Å². The molecule has 2 atom stereocenters. The molecule has 0 unspecified atom stereocenters. The zero-order chi connectivity index (χ0) is 9.84. The van der Waals surface area contributed by atoms with Gasteiger partial charge in [0, 0.05) is 25.2 Å². The molecule has 0 saturated carbocycles. The van der Waals surface area contributed by atoms with Gasteiger partial charge in [-0.15, -0.1) is 0 Å². The fourth-order valence-corrected chi connectivity index (χ4v) is 1.94. The number of piperazine rings is 1. The van der Waals surface area contributed by atoms with Crippen LogP contribution in [0.25, 0.3) is 0 Å². The van der Waals surface area contributed by atoms with Gasteiger partial charge in [0.1, 0.15) is 0 Å². The highest BCUT2D eigenvalue weighted by Gasteiger charge is 2.21. The van der Waals surface area contributed by atoms with Crippen molar-refractivity contribution in [3.05, 3.63) is 0 Å². The molecule has 1 heterocycles. The second kappa shape index (κ2) is 4.97. The van der Waals surface area contributed by atoms with Crippen LogP contribution >= 0.6 is 0 Å². The Bertz CT molecular complexity index is 135. The minimum absolute atomic E-state index is 0.670. The van der Waals surface area contributed by atoms with Gasteiger partial charge in [-0.1, -0.05) is 27.7 Å². The Kier molecular flexibility index (Phi) is 4.20. The second-order valence-corrected chi connectivity index (χ2v) is 4.99. The Morgan fingerprint density at radius 2 is 1.77 bits per heavy atom. The quantitative estimate of drug-likeness (QED) is 0.696. The van der Waals surface area contributed by atoms with Gasteiger partial charge in [-0.05, 0) is 18.3 Å². The van der Waals surface area contributed by atoms with E-state index < -0.39 is 0 Å². The molecule has 78 valence electrons. The molecule has 0 amide bonds. The van der Waals surface area contributed by atoms with Crippen molar-refractivity contribution in [2.75, 3.05) is 13.1 Å². The molecule has 0 aromatic carbocycles. The molecule has 1 fully saturated rings. The van der Waals surface area contributed by atoms with Crippen LogP contribution in [0, 0.1) is 11.8 Å². The number of nitrogens with one attached hydrogen (secondary N) is 2. The Labute approximate surface area is 82.5 Å². The molecule has 2 N–H and O–H groups in total. The smallest absolute Gasteiger partial charge is 0.0216 e. The second-order valence-electron chi connectivity index (χ2n) is 4.99. The number of rotatable bonds is 3. The molecule has 0 radical (unpaired) electrons. The summed E-state index contributed by atoms with van der Waals surface area (Å²) in [5.74, 6) is 1.54. The van der Waals surface area contributed by atoms with Gasteiger partial charge in [-0.25, -0.2) is 0 Å². The van der Waals surface area contributed by atoms with Crippen molar-refractivity contribution in [2.24, 2.45) is 11.8 Å². The summed E-state index contributed by atoms with van der Waals surface area (Å²) in [6, 6.07) is 1.36. The minimum atomic E-state index is 0.670. The summed E-state index contributed by atoms with van der Waals surface area (Å²) in [6.45, 7) is 11.4. The third-order valence-corrected chi connectivity index (χ3v) is 2.81. The van der Waals surface area contributed by atoms with E-state index in [1.165, 1.54) is 6.42 Å². The van der Waals surface area contributed by atoms with Crippen molar-refractivity contribution in [2.45, 2.75) is 46.2 Å². The zero-order valence-electron chi connectivity index (χ0n) is 9.43. The first-order valence-electron chi connectivity index (χ1n) is 5.56. The van der Waals surface area contributed by atoms with Crippen LogP contribution in [0.4, 0.5) is 0 Å². The topological polar surface area (TPSA) is 24.1 Å². The highest BCUT2D eigenvalue weighted by atomic mass is 15.1. The van der Waals surface area contributed by atoms with Crippen LogP contribution in [0.15, 0.2) is 0 Å². The van der Waals surface area contributed by atoms with Gasteiger partial charge in [0.05, 0.1) is 0 Å². The van der Waals surface area contributed by atoms with Crippen molar-refractivity contribution in [1.29, 1.82) is 0 Å². The monoisotopic (exact) mass is 184 g/mol. The van der Waals surface area contributed by atoms with Crippen molar-refractivity contribution in [1.82, 2.24) is 10.6 Å². The van der Waals surface area contributed by atoms with Crippen molar-refractivity contribution >= 4 is 0 Å². The number of hydrogen-bond donors (Lipinski definition) is 2. The fourth-order valence-electron chi connectivity index (χ4n) is 1.94. The molecule has 2 heteroatoms. The maximum atomic E-state index is 3.62. The summed E-state index contributed by atoms with van der Waals surface area (Å²) in [5, 5.41) is 7.23. The van der Waals surface area contributed by atoms with E-state index in [1.807, 2.05) is 0 Å². The van der Waals surface area contributed by atoms with Crippen LogP contribution in [0.1, 0.15) is 34.1 Å². The third-order valence-electron chi connectivity index (χ3n) is 2.81. The molecule has 0 aromatic rings. The molecule has 1 aliphatic rings. The third kappa shape index (κ3) is 3.65. The Hall–Kier alpha value is -0.0800. The zero-order valence-corrected chi connectivity index (χ0v) is 9.43. The highest BCUT2D eigenvalue weighted by molar-refractivity contribution is 4.84. The first-order chi connectivity index (χ1) is 6.09. The van der Waals surface area contributed by atoms with E-state index in [0.717, 1.165) is 24.9 Å². The molecule has 0 aliphatic carbocycles. The molecule has 0 bridgehead atoms. The molecule has 2 nitrogen and oxygen atoms in total. The largest absolute Gasteiger partial charge is 0.311 e. The van der Waals surface area contributed by atoms with Crippen LogP contribution < -0.4 is 10.6 Å². The molecule has 0 aromatic heterocycles. The lowest BCUT2D eigenvalue weighted by Crippen LogP contribution is -2.56. The molecular formula is C11H24N2. The predicted molar refractivity (Wildman–Crippen MR) is 57.9 cm³/mol. The van der Waals surface area contributed by atoms with Crippen LogP contribution in [0.3, 0.4) is 0 Å². The van der Waals surface area contributed by atoms with Gasteiger partial charge in [-0.3, -0.25) is 0 Å². The summed E-state index contributed by atoms with van der Waals surface area (Å²) in [6.07, 6.45) is 1.29. The van der Waals surface area contributed by atoms with Gasteiger partial charge < -0.3 is 10.6 Å². The lowest BCUT2D eigenvalue weighted by Gasteiger charge is -2.34. The van der Waals surface area contributed by atoms with Gasteiger partial charge in [0.25, 0.3) is 0 Å². The van der Waals surface area contributed by atoms with Gasteiger partial charge >= 0.3 is 0 Å². The molecule has 1 aliphatic heterocycles. The summed E-state index contributed by atoms with van der Waals surface area (Å²) >= 11 is 0. The molecule has 0 spiro atoms. The van der Waals surface area contributed by atoms with Crippen molar-refractivity contribution in [3.63, 3.8) is 0 Å². The SMILES string of the molecule is CC(C)C[C@H]1CN[C@@H](C(C)C)CN1. The van der Waals surface area contributed by atoms with E-state index in [-0.39, 0.29) is 0 Å². The van der Waals surface area contributed by atoms with Gasteiger partial charge in [0.2, 0.25) is 0 Å². The molecule has 1 saturated heterocycles. The van der Waals surface area contributed by atoms with E-state index in [9.17, 15) is 0 Å². The van der Waals surface area contributed by atoms with E-state index >= 15 is 0 Å². The molecule has 1 rings (SSSR count). The summed E-state index contributed by atoms with van der Waals surface area (Å²) < 4.78 is 0. The maximum Gasteiger partial charge on any atom is 0.0216 e. The fraction of sp³-hybridized carbons (Fsp3) is 1.00. The summed E-state index contributed by atoms with van der Waals surface area (Å²) in [5.41, 5.74) is 0. The first kappa shape index (κ1) is 11.0. The minimum Gasteiger partial charge on any atom is -0.311 e. The van der Waals surface area contributed by atoms with E-state index in [0.29, 0.717) is 12.1 Å². The van der Waals surface area contributed by atoms with E-state index in [4.69, 9.17) is 0 Å². The highest BCUT2D eigenvalue weighted by Crippen LogP contribution is 2.09. The van der Waals surface area contributed by atoms with Crippen LogP contribution in [0.2, 0.25) is 0 Å². The van der Waals surface area contributed by atoms with E-state index in [1.54, 1.807) is 0 Å². The maximum absolute atomic E-state index is 3.62. The van der Waals surface area contributed by atoms with Gasteiger partial charge in [0.15, 0.2) is 0 Å². The first-order valence-corrected chi connectivity index (χ1v) is 5.56. The number of hydrogen-bond acceptors (Lipinski definition) is 2. The Balaban J connectivity index is 2.22. The van der Waals surface area contributed by atoms with Crippen molar-refractivity contribution in [3.8, 4) is 0 Å². The normalized spacial score (nSPS) is 30.0. The average Bonchev–Trinajstić information content (AvgIpc) is 2.04. The molecular weight excluding hydrogens is 160 g/mol. The summed E-state index contributed by atoms with van der Waals surface area (Å²) in [4.78, 5) is 0. The lowest BCUT2D eigenvalue weighted by molar-refractivity contribution is 0.272. The summed E-state index contributed by atoms with van der Waals surface area (Å²) in [7, 11) is 0.